The van der Waals surface area contributed by atoms with Gasteiger partial charge in [-0.25, -0.2) is 16.8 Å². The second kappa shape index (κ2) is 9.04. The number of anilines is 2. The maximum atomic E-state index is 12.7. The Kier molecular flexibility index (Phi) is 6.85. The molecule has 2 heterocycles. The lowest BCUT2D eigenvalue weighted by Gasteiger charge is -2.25. The molecule has 3 rings (SSSR count). The zero-order chi connectivity index (χ0) is 21.9. The van der Waals surface area contributed by atoms with Crippen molar-refractivity contribution in [3.05, 3.63) is 40.8 Å². The van der Waals surface area contributed by atoms with Crippen LogP contribution in [0, 0.1) is 6.92 Å². The molecule has 2 aromatic rings. The van der Waals surface area contributed by atoms with Gasteiger partial charge in [-0.2, -0.15) is 4.31 Å². The molecule has 0 bridgehead atoms. The van der Waals surface area contributed by atoms with Crippen LogP contribution in [-0.2, 0) is 31.3 Å². The summed E-state index contributed by atoms with van der Waals surface area (Å²) in [6.07, 6.45) is 3.87. The van der Waals surface area contributed by atoms with Crippen LogP contribution in [0.15, 0.2) is 34.5 Å². The van der Waals surface area contributed by atoms with Crippen molar-refractivity contribution in [3.63, 3.8) is 0 Å². The molecule has 30 heavy (non-hydrogen) atoms. The van der Waals surface area contributed by atoms with Crippen LogP contribution in [0.4, 0.5) is 11.4 Å². The maximum absolute atomic E-state index is 12.7. The van der Waals surface area contributed by atoms with Crippen molar-refractivity contribution in [3.8, 4) is 0 Å². The Bertz CT molecular complexity index is 1130. The maximum Gasteiger partial charge on any atom is 0.252 e. The summed E-state index contributed by atoms with van der Waals surface area (Å²) in [5.74, 6) is -0.312. The number of nitrogens with zero attached hydrogens (tertiary/aromatic N) is 1. The van der Waals surface area contributed by atoms with E-state index in [1.807, 2.05) is 0 Å². The summed E-state index contributed by atoms with van der Waals surface area (Å²) in [5, 5.41) is 2.73. The van der Waals surface area contributed by atoms with Crippen molar-refractivity contribution in [2.24, 2.45) is 0 Å². The fraction of sp³-hybridized carbons (Fsp3) is 0.421. The molecule has 1 aromatic heterocycles. The number of thiophene rings is 1. The van der Waals surface area contributed by atoms with Crippen LogP contribution in [0.1, 0.15) is 29.7 Å². The number of nitrogens with one attached hydrogen (secondary N) is 2. The largest absolute Gasteiger partial charge is 0.326 e. The van der Waals surface area contributed by atoms with Crippen LogP contribution in [-0.4, -0.2) is 46.4 Å². The fourth-order valence-electron chi connectivity index (χ4n) is 3.20. The van der Waals surface area contributed by atoms with Gasteiger partial charge in [0.15, 0.2) is 0 Å². The van der Waals surface area contributed by atoms with E-state index in [1.54, 1.807) is 37.3 Å². The summed E-state index contributed by atoms with van der Waals surface area (Å²) >= 11 is 1.10. The van der Waals surface area contributed by atoms with Crippen LogP contribution >= 0.6 is 11.3 Å². The lowest BCUT2D eigenvalue weighted by molar-refractivity contribution is -0.115. The second-order valence-corrected chi connectivity index (χ2v) is 12.4. The minimum absolute atomic E-state index is 0.0307. The van der Waals surface area contributed by atoms with E-state index >= 15 is 0 Å². The second-order valence-electron chi connectivity index (χ2n) is 7.31. The van der Waals surface area contributed by atoms with Gasteiger partial charge in [0.1, 0.15) is 4.21 Å². The van der Waals surface area contributed by atoms with Gasteiger partial charge in [-0.05, 0) is 49.6 Å². The summed E-state index contributed by atoms with van der Waals surface area (Å²) in [4.78, 5) is 13.1. The summed E-state index contributed by atoms with van der Waals surface area (Å²) in [6, 6.07) is 8.15. The third kappa shape index (κ3) is 5.81. The molecule has 11 heteroatoms. The molecule has 0 aliphatic carbocycles. The molecule has 1 aliphatic rings. The van der Waals surface area contributed by atoms with E-state index < -0.39 is 20.0 Å². The van der Waals surface area contributed by atoms with Gasteiger partial charge in [0, 0.05) is 23.7 Å². The van der Waals surface area contributed by atoms with E-state index in [0.717, 1.165) is 42.4 Å². The molecule has 0 unspecified atom stereocenters. The van der Waals surface area contributed by atoms with E-state index in [2.05, 4.69) is 10.0 Å². The van der Waals surface area contributed by atoms with Gasteiger partial charge < -0.3 is 5.32 Å². The first-order valence-electron chi connectivity index (χ1n) is 9.52. The van der Waals surface area contributed by atoms with Crippen molar-refractivity contribution >= 4 is 48.7 Å². The normalized spacial score (nSPS) is 15.7. The Morgan fingerprint density at radius 3 is 2.43 bits per heavy atom. The number of sulfonamides is 2. The number of carbonyl (C=O) groups is 1. The molecule has 1 amide bonds. The highest BCUT2D eigenvalue weighted by Crippen LogP contribution is 2.28. The number of hydrogen-bond donors (Lipinski definition) is 2. The molecule has 8 nitrogen and oxygen atoms in total. The van der Waals surface area contributed by atoms with E-state index in [4.69, 9.17) is 0 Å². The summed E-state index contributed by atoms with van der Waals surface area (Å²) < 4.78 is 52.6. The number of hydrogen-bond acceptors (Lipinski definition) is 6. The Labute approximate surface area is 181 Å². The molecular formula is C19H25N3O5S3. The van der Waals surface area contributed by atoms with Gasteiger partial charge in [0.2, 0.25) is 15.9 Å². The number of rotatable bonds is 7. The minimum Gasteiger partial charge on any atom is -0.326 e. The highest BCUT2D eigenvalue weighted by Gasteiger charge is 2.27. The van der Waals surface area contributed by atoms with Gasteiger partial charge in [-0.1, -0.05) is 12.5 Å². The van der Waals surface area contributed by atoms with Gasteiger partial charge in [-0.15, -0.1) is 11.3 Å². The van der Waals surface area contributed by atoms with Crippen LogP contribution in [0.25, 0.3) is 0 Å². The number of benzene rings is 1. The first-order valence-corrected chi connectivity index (χ1v) is 13.7. The predicted molar refractivity (Wildman–Crippen MR) is 119 cm³/mol. The smallest absolute Gasteiger partial charge is 0.252 e. The van der Waals surface area contributed by atoms with E-state index in [9.17, 15) is 21.6 Å². The lowest BCUT2D eigenvalue weighted by atomic mass is 10.2. The standard InChI is InChI=1S/C19H25N3O5S3/c1-14-6-7-15(12-17(14)21-29(2,24)25)20-18(23)13-16-8-9-19(28-16)30(26,27)22-10-4-3-5-11-22/h6-9,12,21H,3-5,10-11,13H2,1-2H3,(H,20,23). The van der Waals surface area contributed by atoms with Gasteiger partial charge in [0.05, 0.1) is 18.4 Å². The molecule has 0 radical (unpaired) electrons. The predicted octanol–water partition coefficient (Wildman–Crippen LogP) is 2.78. The molecule has 0 saturated carbocycles. The van der Waals surface area contributed by atoms with E-state index in [-0.39, 0.29) is 16.5 Å². The molecule has 2 N–H and O–H groups in total. The Hall–Kier alpha value is -1.95. The average Bonchev–Trinajstić information content (AvgIpc) is 3.13. The summed E-state index contributed by atoms with van der Waals surface area (Å²) in [6.45, 7) is 2.83. The summed E-state index contributed by atoms with van der Waals surface area (Å²) in [7, 11) is -6.94. The van der Waals surface area contributed by atoms with Gasteiger partial charge >= 0.3 is 0 Å². The third-order valence-corrected chi connectivity index (χ3v) is 8.74. The van der Waals surface area contributed by atoms with Crippen molar-refractivity contribution < 1.29 is 21.6 Å². The van der Waals surface area contributed by atoms with E-state index in [0.29, 0.717) is 29.3 Å². The molecule has 0 spiro atoms. The highest BCUT2D eigenvalue weighted by molar-refractivity contribution is 7.92. The average molecular weight is 472 g/mol. The van der Waals surface area contributed by atoms with Gasteiger partial charge in [0.25, 0.3) is 10.0 Å². The van der Waals surface area contributed by atoms with Crippen molar-refractivity contribution in [1.82, 2.24) is 4.31 Å². The van der Waals surface area contributed by atoms with E-state index in [1.165, 1.54) is 4.31 Å². The van der Waals surface area contributed by atoms with Crippen molar-refractivity contribution in [1.29, 1.82) is 0 Å². The molecule has 164 valence electrons. The lowest BCUT2D eigenvalue weighted by Crippen LogP contribution is -2.35. The number of carbonyl (C=O) groups excluding carboxylic acids is 1. The quantitative estimate of drug-likeness (QED) is 0.645. The Morgan fingerprint density at radius 1 is 1.07 bits per heavy atom. The Morgan fingerprint density at radius 2 is 1.77 bits per heavy atom. The molecule has 1 fully saturated rings. The highest BCUT2D eigenvalue weighted by atomic mass is 32.2. The molecule has 1 aromatic carbocycles. The van der Waals surface area contributed by atoms with Gasteiger partial charge in [-0.3, -0.25) is 9.52 Å². The summed E-state index contributed by atoms with van der Waals surface area (Å²) in [5.41, 5.74) is 1.57. The number of aryl methyl sites for hydroxylation is 1. The third-order valence-electron chi connectivity index (χ3n) is 4.70. The van der Waals surface area contributed by atoms with Crippen LogP contribution in [0.2, 0.25) is 0 Å². The molecule has 0 atom stereocenters. The molecule has 1 saturated heterocycles. The minimum atomic E-state index is -3.51. The molecular weight excluding hydrogens is 446 g/mol. The Balaban J connectivity index is 1.67. The zero-order valence-corrected chi connectivity index (χ0v) is 19.3. The number of amides is 1. The molecule has 1 aliphatic heterocycles. The SMILES string of the molecule is Cc1ccc(NC(=O)Cc2ccc(S(=O)(=O)N3CCCCC3)s2)cc1NS(C)(=O)=O. The number of piperidine rings is 1. The first kappa shape index (κ1) is 22.7. The van der Waals surface area contributed by atoms with Crippen molar-refractivity contribution in [2.45, 2.75) is 36.8 Å². The zero-order valence-electron chi connectivity index (χ0n) is 16.8. The topological polar surface area (TPSA) is 113 Å². The fourth-order valence-corrected chi connectivity index (χ4v) is 6.84. The van der Waals surface area contributed by atoms with Crippen LogP contribution in [0.5, 0.6) is 0 Å². The van der Waals surface area contributed by atoms with Crippen LogP contribution < -0.4 is 10.0 Å². The first-order chi connectivity index (χ1) is 14.0. The van der Waals surface area contributed by atoms with Crippen LogP contribution in [0.3, 0.4) is 0 Å². The van der Waals surface area contributed by atoms with Crippen molar-refractivity contribution in [2.75, 3.05) is 29.4 Å². The monoisotopic (exact) mass is 471 g/mol.